The number of hydrogen-bond donors (Lipinski definition) is 1. The zero-order valence-corrected chi connectivity index (χ0v) is 14.3. The van der Waals surface area contributed by atoms with E-state index in [0.717, 1.165) is 12.1 Å². The van der Waals surface area contributed by atoms with E-state index in [2.05, 4.69) is 18.7 Å². The Hall–Kier alpha value is -1.11. The Balaban J connectivity index is 2.47. The molecule has 0 radical (unpaired) electrons. The summed E-state index contributed by atoms with van der Waals surface area (Å²) in [6, 6.07) is 3.54. The summed E-state index contributed by atoms with van der Waals surface area (Å²) >= 11 is 0. The Morgan fingerprint density at radius 3 is 2.38 bits per heavy atom. The maximum Gasteiger partial charge on any atom is 0.243 e. The van der Waals surface area contributed by atoms with Crippen LogP contribution in [0.2, 0.25) is 0 Å². The van der Waals surface area contributed by atoms with Crippen molar-refractivity contribution in [2.24, 2.45) is 0 Å². The van der Waals surface area contributed by atoms with E-state index in [9.17, 15) is 8.42 Å². The summed E-state index contributed by atoms with van der Waals surface area (Å²) in [4.78, 5) is 2.56. The van der Waals surface area contributed by atoms with Gasteiger partial charge in [0.15, 0.2) is 0 Å². The van der Waals surface area contributed by atoms with Gasteiger partial charge in [-0.25, -0.2) is 8.42 Å². The normalized spacial score (nSPS) is 20.6. The molecule has 0 unspecified atom stereocenters. The number of benzene rings is 1. The molecule has 1 fully saturated rings. The quantitative estimate of drug-likeness (QED) is 0.843. The maximum absolute atomic E-state index is 13.0. The summed E-state index contributed by atoms with van der Waals surface area (Å²) < 4.78 is 27.6. The number of hydrogen-bond acceptors (Lipinski definition) is 4. The first-order chi connectivity index (χ1) is 9.57. The summed E-state index contributed by atoms with van der Waals surface area (Å²) in [6.45, 7) is 9.45. The number of nitrogen functional groups attached to an aromatic ring is 1. The average molecular weight is 311 g/mol. The molecular weight excluding hydrogens is 286 g/mol. The smallest absolute Gasteiger partial charge is 0.243 e. The van der Waals surface area contributed by atoms with E-state index in [1.54, 1.807) is 23.4 Å². The fraction of sp³-hybridized carbons (Fsp3) is 0.600. The SMILES string of the molecule is Cc1ccc(N)c(C)c1S(=O)(=O)N1CCN(C)C(C)(C)C1. The van der Waals surface area contributed by atoms with E-state index >= 15 is 0 Å². The number of aryl methyl sites for hydroxylation is 1. The zero-order chi connectivity index (χ0) is 16.0. The summed E-state index contributed by atoms with van der Waals surface area (Å²) in [5, 5.41) is 0. The highest BCUT2D eigenvalue weighted by Gasteiger charge is 2.38. The molecule has 21 heavy (non-hydrogen) atoms. The van der Waals surface area contributed by atoms with E-state index in [1.807, 2.05) is 14.0 Å². The Bertz CT molecular complexity index is 653. The molecule has 6 heteroatoms. The average Bonchev–Trinajstić information content (AvgIpc) is 2.37. The van der Waals surface area contributed by atoms with E-state index < -0.39 is 10.0 Å². The number of rotatable bonds is 2. The van der Waals surface area contributed by atoms with Gasteiger partial charge in [-0.15, -0.1) is 0 Å². The van der Waals surface area contributed by atoms with Crippen LogP contribution in [-0.2, 0) is 10.0 Å². The van der Waals surface area contributed by atoms with E-state index in [1.165, 1.54) is 0 Å². The van der Waals surface area contributed by atoms with Crippen LogP contribution in [0.3, 0.4) is 0 Å². The second-order valence-electron chi connectivity index (χ2n) is 6.50. The van der Waals surface area contributed by atoms with Gasteiger partial charge in [-0.2, -0.15) is 4.31 Å². The van der Waals surface area contributed by atoms with Crippen molar-refractivity contribution in [1.82, 2.24) is 9.21 Å². The van der Waals surface area contributed by atoms with Gasteiger partial charge in [-0.1, -0.05) is 6.07 Å². The fourth-order valence-electron chi connectivity index (χ4n) is 2.77. The summed E-state index contributed by atoms with van der Waals surface area (Å²) in [5.74, 6) is 0. The van der Waals surface area contributed by atoms with Gasteiger partial charge in [-0.3, -0.25) is 4.90 Å². The first-order valence-corrected chi connectivity index (χ1v) is 8.58. The number of piperazine rings is 1. The number of nitrogens with zero attached hydrogens (tertiary/aromatic N) is 2. The molecule has 0 saturated carbocycles. The first-order valence-electron chi connectivity index (χ1n) is 7.14. The monoisotopic (exact) mass is 311 g/mol. The lowest BCUT2D eigenvalue weighted by atomic mass is 10.0. The highest BCUT2D eigenvalue weighted by Crippen LogP contribution is 2.30. The molecule has 0 bridgehead atoms. The highest BCUT2D eigenvalue weighted by atomic mass is 32.2. The Morgan fingerprint density at radius 2 is 1.81 bits per heavy atom. The minimum absolute atomic E-state index is 0.173. The summed E-state index contributed by atoms with van der Waals surface area (Å²) in [6.07, 6.45) is 0. The van der Waals surface area contributed by atoms with Crippen molar-refractivity contribution >= 4 is 15.7 Å². The molecule has 0 atom stereocenters. The molecule has 1 aliphatic heterocycles. The van der Waals surface area contributed by atoms with Crippen LogP contribution in [0.4, 0.5) is 5.69 Å². The van der Waals surface area contributed by atoms with Crippen molar-refractivity contribution in [2.45, 2.75) is 38.1 Å². The largest absolute Gasteiger partial charge is 0.398 e. The van der Waals surface area contributed by atoms with Gasteiger partial charge < -0.3 is 5.73 Å². The Kier molecular flexibility index (Phi) is 4.08. The van der Waals surface area contributed by atoms with Gasteiger partial charge in [0.25, 0.3) is 0 Å². The Labute approximate surface area is 127 Å². The molecule has 1 aliphatic rings. The standard InChI is InChI=1S/C15H25N3O2S/c1-11-6-7-13(16)12(2)14(11)21(19,20)18-9-8-17(5)15(3,4)10-18/h6-7H,8-10,16H2,1-5H3. The van der Waals surface area contributed by atoms with Crippen LogP contribution in [0.5, 0.6) is 0 Å². The maximum atomic E-state index is 13.0. The zero-order valence-electron chi connectivity index (χ0n) is 13.5. The topological polar surface area (TPSA) is 66.6 Å². The Morgan fingerprint density at radius 1 is 1.19 bits per heavy atom. The van der Waals surface area contributed by atoms with Crippen LogP contribution in [0, 0.1) is 13.8 Å². The lowest BCUT2D eigenvalue weighted by Gasteiger charge is -2.44. The molecule has 1 aromatic carbocycles. The first kappa shape index (κ1) is 16.3. The molecule has 2 N–H and O–H groups in total. The van der Waals surface area contributed by atoms with Gasteiger partial charge in [0, 0.05) is 30.9 Å². The summed E-state index contributed by atoms with van der Waals surface area (Å²) in [5.41, 5.74) is 7.64. The van der Waals surface area contributed by atoms with Crippen LogP contribution in [0.25, 0.3) is 0 Å². The van der Waals surface area contributed by atoms with Gasteiger partial charge in [0.1, 0.15) is 0 Å². The van der Waals surface area contributed by atoms with Gasteiger partial charge in [0.05, 0.1) is 4.90 Å². The molecular formula is C15H25N3O2S. The van der Waals surface area contributed by atoms with Crippen LogP contribution in [0.1, 0.15) is 25.0 Å². The van der Waals surface area contributed by atoms with Crippen molar-refractivity contribution in [3.05, 3.63) is 23.3 Å². The predicted octanol–water partition coefficient (Wildman–Crippen LogP) is 1.60. The lowest BCUT2D eigenvalue weighted by molar-refractivity contribution is 0.0801. The third-order valence-corrected chi connectivity index (χ3v) is 6.66. The molecule has 1 aromatic rings. The molecule has 0 amide bonds. The third-order valence-electron chi connectivity index (χ3n) is 4.52. The van der Waals surface area contributed by atoms with Crippen molar-refractivity contribution in [3.63, 3.8) is 0 Å². The van der Waals surface area contributed by atoms with Crippen molar-refractivity contribution < 1.29 is 8.42 Å². The molecule has 1 saturated heterocycles. The molecule has 0 spiro atoms. The number of likely N-dealkylation sites (N-methyl/N-ethyl adjacent to an activating group) is 1. The minimum atomic E-state index is -3.51. The molecule has 0 aromatic heterocycles. The van der Waals surface area contributed by atoms with E-state index in [0.29, 0.717) is 29.2 Å². The molecule has 1 heterocycles. The van der Waals surface area contributed by atoms with E-state index in [4.69, 9.17) is 5.73 Å². The highest BCUT2D eigenvalue weighted by molar-refractivity contribution is 7.89. The molecule has 5 nitrogen and oxygen atoms in total. The van der Waals surface area contributed by atoms with Crippen molar-refractivity contribution in [2.75, 3.05) is 32.4 Å². The van der Waals surface area contributed by atoms with E-state index in [-0.39, 0.29) is 5.54 Å². The van der Waals surface area contributed by atoms with Gasteiger partial charge in [-0.05, 0) is 51.9 Å². The minimum Gasteiger partial charge on any atom is -0.398 e. The van der Waals surface area contributed by atoms with Crippen LogP contribution >= 0.6 is 0 Å². The van der Waals surface area contributed by atoms with Crippen LogP contribution < -0.4 is 5.73 Å². The van der Waals surface area contributed by atoms with Crippen LogP contribution in [-0.4, -0.2) is 49.8 Å². The second-order valence-corrected chi connectivity index (χ2v) is 8.37. The number of anilines is 1. The second kappa shape index (κ2) is 5.26. The predicted molar refractivity (Wildman–Crippen MR) is 85.8 cm³/mol. The molecule has 118 valence electrons. The number of nitrogens with two attached hydrogens (primary N) is 1. The van der Waals surface area contributed by atoms with Gasteiger partial charge in [0.2, 0.25) is 10.0 Å². The van der Waals surface area contributed by atoms with Gasteiger partial charge >= 0.3 is 0 Å². The van der Waals surface area contributed by atoms with Crippen LogP contribution in [0.15, 0.2) is 17.0 Å². The van der Waals surface area contributed by atoms with Crippen molar-refractivity contribution in [3.8, 4) is 0 Å². The fourth-order valence-corrected chi connectivity index (χ4v) is 4.81. The number of sulfonamides is 1. The lowest BCUT2D eigenvalue weighted by Crippen LogP contribution is -2.58. The van der Waals surface area contributed by atoms with Crippen molar-refractivity contribution in [1.29, 1.82) is 0 Å². The third kappa shape index (κ3) is 2.80. The summed E-state index contributed by atoms with van der Waals surface area (Å²) in [7, 11) is -1.48. The molecule has 0 aliphatic carbocycles. The molecule has 2 rings (SSSR count).